The summed E-state index contributed by atoms with van der Waals surface area (Å²) in [5.74, 6) is 2.11. The van der Waals surface area contributed by atoms with E-state index in [9.17, 15) is 0 Å². The molecule has 0 aromatic rings. The molecule has 3 N–H and O–H groups in total. The lowest BCUT2D eigenvalue weighted by Gasteiger charge is -2.48. The van der Waals surface area contributed by atoms with Crippen molar-refractivity contribution in [2.24, 2.45) is 22.7 Å². The SMILES string of the molecule is C1CC2(CCC(C3CC4(CCNC4)C3)C2)CNCN1. The Labute approximate surface area is 117 Å². The Morgan fingerprint density at radius 1 is 0.684 bits per heavy atom. The van der Waals surface area contributed by atoms with Crippen molar-refractivity contribution in [3.63, 3.8) is 0 Å². The van der Waals surface area contributed by atoms with Crippen molar-refractivity contribution in [3.8, 4) is 0 Å². The van der Waals surface area contributed by atoms with E-state index in [4.69, 9.17) is 0 Å². The third-order valence-electron chi connectivity index (χ3n) is 6.71. The van der Waals surface area contributed by atoms with Gasteiger partial charge in [-0.25, -0.2) is 0 Å². The number of hydrogen-bond acceptors (Lipinski definition) is 3. The summed E-state index contributed by atoms with van der Waals surface area (Å²) in [7, 11) is 0. The molecular weight excluding hydrogens is 234 g/mol. The third-order valence-corrected chi connectivity index (χ3v) is 6.71. The van der Waals surface area contributed by atoms with Crippen LogP contribution in [0.4, 0.5) is 0 Å². The Morgan fingerprint density at radius 2 is 1.42 bits per heavy atom. The van der Waals surface area contributed by atoms with Gasteiger partial charge in [0.15, 0.2) is 0 Å². The summed E-state index contributed by atoms with van der Waals surface area (Å²) in [5.41, 5.74) is 1.38. The number of nitrogens with one attached hydrogen (secondary N) is 3. The van der Waals surface area contributed by atoms with Crippen molar-refractivity contribution >= 4 is 0 Å². The van der Waals surface area contributed by atoms with Gasteiger partial charge in [0, 0.05) is 19.8 Å². The molecular formula is C16H29N3. The number of hydrogen-bond donors (Lipinski definition) is 3. The highest BCUT2D eigenvalue weighted by atomic mass is 15.1. The molecule has 0 amide bonds. The lowest BCUT2D eigenvalue weighted by Crippen LogP contribution is -2.42. The van der Waals surface area contributed by atoms with Crippen molar-refractivity contribution in [2.45, 2.75) is 44.9 Å². The normalized spacial score (nSPS) is 50.5. The van der Waals surface area contributed by atoms with Gasteiger partial charge in [-0.1, -0.05) is 0 Å². The minimum atomic E-state index is 0.644. The minimum absolute atomic E-state index is 0.644. The van der Waals surface area contributed by atoms with E-state index >= 15 is 0 Å². The first-order valence-corrected chi connectivity index (χ1v) is 8.42. The molecule has 4 aliphatic rings. The zero-order chi connectivity index (χ0) is 12.8. The summed E-state index contributed by atoms with van der Waals surface area (Å²) in [4.78, 5) is 0. The molecule has 0 aromatic carbocycles. The largest absolute Gasteiger partial charge is 0.316 e. The van der Waals surface area contributed by atoms with E-state index in [-0.39, 0.29) is 0 Å². The molecule has 3 heteroatoms. The van der Waals surface area contributed by atoms with Crippen LogP contribution >= 0.6 is 0 Å². The molecule has 0 radical (unpaired) electrons. The van der Waals surface area contributed by atoms with Crippen LogP contribution in [0.5, 0.6) is 0 Å². The zero-order valence-corrected chi connectivity index (χ0v) is 12.1. The zero-order valence-electron chi connectivity index (χ0n) is 12.1. The molecule has 108 valence electrons. The van der Waals surface area contributed by atoms with Crippen LogP contribution in [-0.2, 0) is 0 Å². The first-order chi connectivity index (χ1) is 9.29. The molecule has 4 rings (SSSR count). The fraction of sp³-hybridized carbons (Fsp3) is 1.00. The van der Waals surface area contributed by atoms with Crippen molar-refractivity contribution < 1.29 is 0 Å². The Hall–Kier alpha value is -0.120. The molecule has 2 atom stereocenters. The second kappa shape index (κ2) is 4.71. The van der Waals surface area contributed by atoms with E-state index in [0.717, 1.165) is 23.9 Å². The Morgan fingerprint density at radius 3 is 2.26 bits per heavy atom. The van der Waals surface area contributed by atoms with Gasteiger partial charge in [0.25, 0.3) is 0 Å². The van der Waals surface area contributed by atoms with Crippen LogP contribution < -0.4 is 16.0 Å². The first-order valence-electron chi connectivity index (χ1n) is 8.42. The van der Waals surface area contributed by atoms with Crippen LogP contribution in [0.2, 0.25) is 0 Å². The molecule has 19 heavy (non-hydrogen) atoms. The smallest absolute Gasteiger partial charge is 0.0454 e. The Balaban J connectivity index is 1.35. The Bertz CT molecular complexity index is 319. The quantitative estimate of drug-likeness (QED) is 0.674. The maximum atomic E-state index is 3.60. The van der Waals surface area contributed by atoms with Crippen molar-refractivity contribution in [2.75, 3.05) is 32.8 Å². The lowest BCUT2D eigenvalue weighted by atomic mass is 9.57. The third kappa shape index (κ3) is 2.24. The summed E-state index contributed by atoms with van der Waals surface area (Å²) in [5, 5.41) is 10.7. The summed E-state index contributed by atoms with van der Waals surface area (Å²) in [6.45, 7) is 6.09. The maximum absolute atomic E-state index is 3.60. The molecule has 2 aliphatic heterocycles. The van der Waals surface area contributed by atoms with Crippen LogP contribution in [-0.4, -0.2) is 32.8 Å². The van der Waals surface area contributed by atoms with Crippen LogP contribution in [0.25, 0.3) is 0 Å². The van der Waals surface area contributed by atoms with Gasteiger partial charge in [0.1, 0.15) is 0 Å². The second-order valence-corrected chi connectivity index (χ2v) is 7.95. The van der Waals surface area contributed by atoms with E-state index in [0.29, 0.717) is 5.41 Å². The molecule has 2 spiro atoms. The van der Waals surface area contributed by atoms with E-state index in [1.165, 1.54) is 71.1 Å². The monoisotopic (exact) mass is 263 g/mol. The molecule has 2 heterocycles. The van der Waals surface area contributed by atoms with E-state index in [1.807, 2.05) is 0 Å². The molecule has 2 aliphatic carbocycles. The van der Waals surface area contributed by atoms with E-state index in [2.05, 4.69) is 16.0 Å². The maximum Gasteiger partial charge on any atom is 0.0454 e. The van der Waals surface area contributed by atoms with Gasteiger partial charge in [-0.05, 0) is 80.7 Å². The van der Waals surface area contributed by atoms with Crippen molar-refractivity contribution in [3.05, 3.63) is 0 Å². The molecule has 2 saturated carbocycles. The van der Waals surface area contributed by atoms with Gasteiger partial charge in [0.2, 0.25) is 0 Å². The van der Waals surface area contributed by atoms with Crippen LogP contribution in [0, 0.1) is 22.7 Å². The molecule has 2 saturated heterocycles. The molecule has 2 unspecified atom stereocenters. The van der Waals surface area contributed by atoms with Crippen LogP contribution in [0.3, 0.4) is 0 Å². The fourth-order valence-corrected chi connectivity index (χ4v) is 5.52. The molecule has 3 nitrogen and oxygen atoms in total. The van der Waals surface area contributed by atoms with Crippen LogP contribution in [0.15, 0.2) is 0 Å². The van der Waals surface area contributed by atoms with Gasteiger partial charge >= 0.3 is 0 Å². The van der Waals surface area contributed by atoms with E-state index < -0.39 is 0 Å². The highest BCUT2D eigenvalue weighted by Gasteiger charge is 2.51. The summed E-state index contributed by atoms with van der Waals surface area (Å²) < 4.78 is 0. The van der Waals surface area contributed by atoms with Gasteiger partial charge < -0.3 is 16.0 Å². The predicted molar refractivity (Wildman–Crippen MR) is 77.9 cm³/mol. The summed E-state index contributed by atoms with van der Waals surface area (Å²) >= 11 is 0. The second-order valence-electron chi connectivity index (χ2n) is 7.95. The average molecular weight is 263 g/mol. The molecule has 0 bridgehead atoms. The van der Waals surface area contributed by atoms with Gasteiger partial charge in [-0.3, -0.25) is 0 Å². The summed E-state index contributed by atoms with van der Waals surface area (Å²) in [6, 6.07) is 0. The Kier molecular flexibility index (Phi) is 3.13. The van der Waals surface area contributed by atoms with Gasteiger partial charge in [-0.15, -0.1) is 0 Å². The standard InChI is InChI=1S/C16H29N3/c1-2-15(3-6-18-12-19-10-15)7-13(1)14-8-16(9-14)4-5-17-11-16/h13-14,17-19H,1-12H2. The number of rotatable bonds is 1. The van der Waals surface area contributed by atoms with Crippen LogP contribution in [0.1, 0.15) is 44.9 Å². The van der Waals surface area contributed by atoms with Gasteiger partial charge in [0.05, 0.1) is 0 Å². The lowest BCUT2D eigenvalue weighted by molar-refractivity contribution is 0.0308. The van der Waals surface area contributed by atoms with Gasteiger partial charge in [-0.2, -0.15) is 0 Å². The average Bonchev–Trinajstić information content (AvgIpc) is 2.93. The topological polar surface area (TPSA) is 36.1 Å². The van der Waals surface area contributed by atoms with E-state index in [1.54, 1.807) is 0 Å². The molecule has 4 fully saturated rings. The first kappa shape index (κ1) is 12.6. The summed E-state index contributed by atoms with van der Waals surface area (Å²) in [6.07, 6.45) is 10.4. The highest BCUT2D eigenvalue weighted by molar-refractivity contribution is 5.04. The predicted octanol–water partition coefficient (Wildman–Crippen LogP) is 1.70. The minimum Gasteiger partial charge on any atom is -0.316 e. The molecule has 0 aromatic heterocycles. The fourth-order valence-electron chi connectivity index (χ4n) is 5.52. The van der Waals surface area contributed by atoms with Crippen molar-refractivity contribution in [1.82, 2.24) is 16.0 Å². The van der Waals surface area contributed by atoms with Crippen molar-refractivity contribution in [1.29, 1.82) is 0 Å². The highest BCUT2D eigenvalue weighted by Crippen LogP contribution is 2.58.